The standard InChI is InChI=1S/C11H23N3/c1-14(2)11(5-3-6-11)9-13-10-4-7-12-8-10/h10,12-13H,3-9H2,1-2H3. The molecule has 2 aliphatic rings. The molecule has 3 nitrogen and oxygen atoms in total. The normalized spacial score (nSPS) is 30.6. The first-order valence-electron chi connectivity index (χ1n) is 5.84. The van der Waals surface area contributed by atoms with Gasteiger partial charge in [-0.15, -0.1) is 0 Å². The third kappa shape index (κ3) is 1.95. The number of hydrogen-bond acceptors (Lipinski definition) is 3. The lowest BCUT2D eigenvalue weighted by Gasteiger charge is -2.48. The molecule has 0 radical (unpaired) electrons. The summed E-state index contributed by atoms with van der Waals surface area (Å²) >= 11 is 0. The quantitative estimate of drug-likeness (QED) is 0.684. The Balaban J connectivity index is 1.77. The molecule has 1 saturated heterocycles. The largest absolute Gasteiger partial charge is 0.315 e. The van der Waals surface area contributed by atoms with Crippen molar-refractivity contribution in [3.63, 3.8) is 0 Å². The van der Waals surface area contributed by atoms with E-state index in [-0.39, 0.29) is 0 Å². The average molecular weight is 197 g/mol. The van der Waals surface area contributed by atoms with E-state index in [1.807, 2.05) is 0 Å². The maximum Gasteiger partial charge on any atom is 0.0328 e. The highest BCUT2D eigenvalue weighted by molar-refractivity contribution is 4.98. The van der Waals surface area contributed by atoms with Crippen LogP contribution in [0, 0.1) is 0 Å². The summed E-state index contributed by atoms with van der Waals surface area (Å²) in [6.07, 6.45) is 5.44. The van der Waals surface area contributed by atoms with Crippen molar-refractivity contribution in [3.05, 3.63) is 0 Å². The molecule has 1 aliphatic heterocycles. The third-order valence-electron chi connectivity index (χ3n) is 4.01. The van der Waals surface area contributed by atoms with Gasteiger partial charge in [-0.2, -0.15) is 0 Å². The topological polar surface area (TPSA) is 27.3 Å². The lowest BCUT2D eigenvalue weighted by molar-refractivity contribution is 0.0577. The summed E-state index contributed by atoms with van der Waals surface area (Å²) in [7, 11) is 4.43. The fourth-order valence-corrected chi connectivity index (χ4v) is 2.53. The van der Waals surface area contributed by atoms with Gasteiger partial charge in [-0.25, -0.2) is 0 Å². The van der Waals surface area contributed by atoms with Gasteiger partial charge in [0.25, 0.3) is 0 Å². The Kier molecular flexibility index (Phi) is 3.10. The predicted molar refractivity (Wildman–Crippen MR) is 59.5 cm³/mol. The molecule has 0 amide bonds. The zero-order chi connectivity index (χ0) is 10.0. The van der Waals surface area contributed by atoms with E-state index in [9.17, 15) is 0 Å². The van der Waals surface area contributed by atoms with E-state index in [2.05, 4.69) is 29.6 Å². The fraction of sp³-hybridized carbons (Fsp3) is 1.00. The second kappa shape index (κ2) is 4.17. The summed E-state index contributed by atoms with van der Waals surface area (Å²) in [5.41, 5.74) is 0.475. The molecular formula is C11H23N3. The smallest absolute Gasteiger partial charge is 0.0328 e. The van der Waals surface area contributed by atoms with Crippen molar-refractivity contribution in [2.75, 3.05) is 33.7 Å². The second-order valence-corrected chi connectivity index (χ2v) is 5.04. The SMILES string of the molecule is CN(C)C1(CNC2CCNC2)CCC1. The minimum atomic E-state index is 0.475. The number of nitrogens with zero attached hydrogens (tertiary/aromatic N) is 1. The summed E-state index contributed by atoms with van der Waals surface area (Å²) < 4.78 is 0. The molecule has 0 aromatic rings. The first kappa shape index (κ1) is 10.4. The molecule has 1 saturated carbocycles. The molecule has 1 heterocycles. The molecular weight excluding hydrogens is 174 g/mol. The Labute approximate surface area is 87.2 Å². The van der Waals surface area contributed by atoms with E-state index >= 15 is 0 Å². The van der Waals surface area contributed by atoms with Gasteiger partial charge in [0.05, 0.1) is 0 Å². The van der Waals surface area contributed by atoms with Crippen LogP contribution in [0.4, 0.5) is 0 Å². The van der Waals surface area contributed by atoms with E-state index in [1.54, 1.807) is 0 Å². The maximum atomic E-state index is 3.70. The fourth-order valence-electron chi connectivity index (χ4n) is 2.53. The van der Waals surface area contributed by atoms with Gasteiger partial charge < -0.3 is 15.5 Å². The summed E-state index contributed by atoms with van der Waals surface area (Å²) in [6.45, 7) is 3.52. The Bertz CT molecular complexity index is 181. The van der Waals surface area contributed by atoms with Crippen molar-refractivity contribution < 1.29 is 0 Å². The van der Waals surface area contributed by atoms with Crippen molar-refractivity contribution >= 4 is 0 Å². The van der Waals surface area contributed by atoms with Gasteiger partial charge in [-0.1, -0.05) is 0 Å². The van der Waals surface area contributed by atoms with Crippen LogP contribution in [0.2, 0.25) is 0 Å². The Morgan fingerprint density at radius 2 is 2.21 bits per heavy atom. The molecule has 1 unspecified atom stereocenters. The monoisotopic (exact) mass is 197 g/mol. The molecule has 0 aromatic carbocycles. The molecule has 0 spiro atoms. The van der Waals surface area contributed by atoms with E-state index in [0.717, 1.165) is 6.54 Å². The summed E-state index contributed by atoms with van der Waals surface area (Å²) in [6, 6.07) is 0.715. The Morgan fingerprint density at radius 1 is 1.43 bits per heavy atom. The minimum Gasteiger partial charge on any atom is -0.315 e. The van der Waals surface area contributed by atoms with E-state index in [1.165, 1.54) is 38.8 Å². The van der Waals surface area contributed by atoms with Crippen molar-refractivity contribution in [3.8, 4) is 0 Å². The highest BCUT2D eigenvalue weighted by Crippen LogP contribution is 2.35. The highest BCUT2D eigenvalue weighted by atomic mass is 15.2. The molecule has 3 heteroatoms. The highest BCUT2D eigenvalue weighted by Gasteiger charge is 2.39. The van der Waals surface area contributed by atoms with Crippen LogP contribution in [0.5, 0.6) is 0 Å². The maximum absolute atomic E-state index is 3.70. The van der Waals surface area contributed by atoms with Crippen LogP contribution in [0.25, 0.3) is 0 Å². The zero-order valence-electron chi connectivity index (χ0n) is 9.47. The number of likely N-dealkylation sites (N-methyl/N-ethyl adjacent to an activating group) is 1. The van der Waals surface area contributed by atoms with Gasteiger partial charge >= 0.3 is 0 Å². The van der Waals surface area contributed by atoms with Gasteiger partial charge in [0.2, 0.25) is 0 Å². The molecule has 14 heavy (non-hydrogen) atoms. The Hall–Kier alpha value is -0.120. The van der Waals surface area contributed by atoms with Gasteiger partial charge in [0.1, 0.15) is 0 Å². The van der Waals surface area contributed by atoms with E-state index < -0.39 is 0 Å². The van der Waals surface area contributed by atoms with Gasteiger partial charge in [-0.05, 0) is 46.3 Å². The molecule has 1 atom stereocenters. The van der Waals surface area contributed by atoms with Crippen LogP contribution in [-0.2, 0) is 0 Å². The first-order chi connectivity index (χ1) is 6.73. The zero-order valence-corrected chi connectivity index (χ0v) is 9.47. The number of nitrogens with one attached hydrogen (secondary N) is 2. The number of hydrogen-bond donors (Lipinski definition) is 2. The van der Waals surface area contributed by atoms with Crippen molar-refractivity contribution in [2.24, 2.45) is 0 Å². The van der Waals surface area contributed by atoms with Gasteiger partial charge in [-0.3, -0.25) is 0 Å². The van der Waals surface area contributed by atoms with Crippen molar-refractivity contribution in [1.29, 1.82) is 0 Å². The second-order valence-electron chi connectivity index (χ2n) is 5.04. The lowest BCUT2D eigenvalue weighted by Crippen LogP contribution is -2.57. The molecule has 82 valence electrons. The first-order valence-corrected chi connectivity index (χ1v) is 5.84. The lowest BCUT2D eigenvalue weighted by atomic mass is 9.75. The van der Waals surface area contributed by atoms with Crippen molar-refractivity contribution in [2.45, 2.75) is 37.3 Å². The van der Waals surface area contributed by atoms with E-state index in [4.69, 9.17) is 0 Å². The molecule has 2 N–H and O–H groups in total. The molecule has 1 aliphatic carbocycles. The van der Waals surface area contributed by atoms with Crippen LogP contribution in [0.3, 0.4) is 0 Å². The van der Waals surface area contributed by atoms with Gasteiger partial charge in [0.15, 0.2) is 0 Å². The molecule has 0 bridgehead atoms. The summed E-state index contributed by atoms with van der Waals surface area (Å²) in [5, 5.41) is 7.10. The van der Waals surface area contributed by atoms with Gasteiger partial charge in [0, 0.05) is 24.7 Å². The predicted octanol–water partition coefficient (Wildman–Crippen LogP) is 0.422. The van der Waals surface area contributed by atoms with E-state index in [0.29, 0.717) is 11.6 Å². The van der Waals surface area contributed by atoms with Crippen LogP contribution >= 0.6 is 0 Å². The Morgan fingerprint density at radius 3 is 2.64 bits per heavy atom. The van der Waals surface area contributed by atoms with Crippen LogP contribution in [0.15, 0.2) is 0 Å². The summed E-state index contributed by atoms with van der Waals surface area (Å²) in [5.74, 6) is 0. The third-order valence-corrected chi connectivity index (χ3v) is 4.01. The molecule has 0 aromatic heterocycles. The minimum absolute atomic E-state index is 0.475. The van der Waals surface area contributed by atoms with Crippen LogP contribution in [-0.4, -0.2) is 50.2 Å². The van der Waals surface area contributed by atoms with Crippen molar-refractivity contribution in [1.82, 2.24) is 15.5 Å². The average Bonchev–Trinajstić information content (AvgIpc) is 2.53. The molecule has 2 rings (SSSR count). The summed E-state index contributed by atoms with van der Waals surface area (Å²) in [4.78, 5) is 2.41. The number of rotatable bonds is 4. The molecule has 2 fully saturated rings. The van der Waals surface area contributed by atoms with Crippen LogP contribution in [0.1, 0.15) is 25.7 Å². The van der Waals surface area contributed by atoms with Crippen LogP contribution < -0.4 is 10.6 Å².